The van der Waals surface area contributed by atoms with Gasteiger partial charge in [0.05, 0.1) is 17.6 Å². The molecule has 0 saturated carbocycles. The molecule has 0 aliphatic rings. The molecule has 0 aromatic carbocycles. The molecular weight excluding hydrogens is 440 g/mol. The van der Waals surface area contributed by atoms with Gasteiger partial charge in [0, 0.05) is 53.2 Å². The quantitative estimate of drug-likeness (QED) is 0.398. The number of hydrogen-bond acceptors (Lipinski definition) is 7. The van der Waals surface area contributed by atoms with E-state index in [4.69, 9.17) is 11.6 Å². The van der Waals surface area contributed by atoms with Gasteiger partial charge in [-0.1, -0.05) is 0 Å². The summed E-state index contributed by atoms with van der Waals surface area (Å²) in [6, 6.07) is 9.22. The van der Waals surface area contributed by atoms with Gasteiger partial charge in [-0.2, -0.15) is 4.98 Å². The molecule has 0 fully saturated rings. The highest BCUT2D eigenvalue weighted by molar-refractivity contribution is 6.28. The van der Waals surface area contributed by atoms with Crippen LogP contribution in [0.1, 0.15) is 5.69 Å². The van der Waals surface area contributed by atoms with Crippen LogP contribution in [-0.2, 0) is 11.3 Å². The summed E-state index contributed by atoms with van der Waals surface area (Å²) in [6.45, 7) is 1.95. The van der Waals surface area contributed by atoms with Crippen LogP contribution in [0.3, 0.4) is 0 Å². The molecule has 0 bridgehead atoms. The molecule has 162 valence electrons. The van der Waals surface area contributed by atoms with Gasteiger partial charge in [0.2, 0.25) is 11.2 Å². The van der Waals surface area contributed by atoms with Crippen molar-refractivity contribution in [3.63, 3.8) is 0 Å². The highest BCUT2D eigenvalue weighted by Crippen LogP contribution is 2.28. The fourth-order valence-corrected chi connectivity index (χ4v) is 3.65. The van der Waals surface area contributed by atoms with Crippen LogP contribution in [0.4, 0.5) is 5.82 Å². The maximum Gasteiger partial charge on any atom is 0.245 e. The lowest BCUT2D eigenvalue weighted by Crippen LogP contribution is -2.19. The second-order valence-corrected chi connectivity index (χ2v) is 7.62. The molecule has 33 heavy (non-hydrogen) atoms. The summed E-state index contributed by atoms with van der Waals surface area (Å²) in [5.41, 5.74) is 4.52. The largest absolute Gasteiger partial charge is 0.323 e. The number of carbonyl (C=O) groups is 1. The van der Waals surface area contributed by atoms with Crippen LogP contribution in [0, 0.1) is 6.92 Å². The molecule has 5 aromatic rings. The van der Waals surface area contributed by atoms with Crippen LogP contribution in [0.2, 0.25) is 5.28 Å². The molecule has 0 atom stereocenters. The molecule has 5 aromatic heterocycles. The Bertz CT molecular complexity index is 1450. The smallest absolute Gasteiger partial charge is 0.245 e. The topological polar surface area (TPSA) is 111 Å². The van der Waals surface area contributed by atoms with Crippen molar-refractivity contribution < 1.29 is 4.79 Å². The Morgan fingerprint density at radius 1 is 1.00 bits per heavy atom. The fourth-order valence-electron chi connectivity index (χ4n) is 3.48. The van der Waals surface area contributed by atoms with Gasteiger partial charge >= 0.3 is 0 Å². The van der Waals surface area contributed by atoms with Crippen LogP contribution in [-0.4, -0.2) is 40.4 Å². The summed E-state index contributed by atoms with van der Waals surface area (Å²) in [5, 5.41) is 3.70. The van der Waals surface area contributed by atoms with Gasteiger partial charge in [0.1, 0.15) is 18.0 Å². The number of pyridine rings is 2. The number of aryl methyl sites for hydroxylation is 1. The highest BCUT2D eigenvalue weighted by Gasteiger charge is 2.15. The Morgan fingerprint density at radius 3 is 2.67 bits per heavy atom. The van der Waals surface area contributed by atoms with E-state index < -0.39 is 0 Å². The number of nitrogens with zero attached hydrogens (tertiary/aromatic N) is 7. The first-order valence-corrected chi connectivity index (χ1v) is 10.4. The number of fused-ring (bicyclic) bond motifs is 1. The molecule has 1 amide bonds. The first-order valence-electron chi connectivity index (χ1n) is 10.0. The molecule has 0 unspecified atom stereocenters. The van der Waals surface area contributed by atoms with Crippen LogP contribution < -0.4 is 5.32 Å². The SMILES string of the molecule is Cc1cc(-c2nc(Cl)nc3c2ccn3CC(=O)Nc2ccc(-c3cnccn3)cn2)ccn1. The third kappa shape index (κ3) is 4.39. The van der Waals surface area contributed by atoms with Gasteiger partial charge < -0.3 is 9.88 Å². The fraction of sp³-hybridized carbons (Fsp3) is 0.0870. The zero-order chi connectivity index (χ0) is 22.8. The van der Waals surface area contributed by atoms with Crippen molar-refractivity contribution >= 4 is 34.4 Å². The predicted octanol–water partition coefficient (Wildman–Crippen LogP) is 3.95. The van der Waals surface area contributed by atoms with Gasteiger partial charge in [-0.3, -0.25) is 19.7 Å². The Balaban J connectivity index is 1.37. The second-order valence-electron chi connectivity index (χ2n) is 7.28. The standard InChI is InChI=1S/C23H17ClN8O/c1-14-10-15(4-6-26-14)21-17-5-9-32(22(17)31-23(24)30-21)13-20(33)29-19-3-2-16(11-28-19)18-12-25-7-8-27-18/h2-12H,13H2,1H3,(H,28,29,33). The van der Waals surface area contributed by atoms with Crippen LogP contribution in [0.15, 0.2) is 67.5 Å². The van der Waals surface area contributed by atoms with E-state index in [1.807, 2.05) is 31.2 Å². The van der Waals surface area contributed by atoms with Gasteiger partial charge in [-0.25, -0.2) is 9.97 Å². The normalized spacial score (nSPS) is 11.0. The van der Waals surface area contributed by atoms with Crippen LogP contribution in [0.25, 0.3) is 33.5 Å². The molecular formula is C23H17ClN8O. The Morgan fingerprint density at radius 2 is 1.91 bits per heavy atom. The van der Waals surface area contributed by atoms with E-state index in [2.05, 4.69) is 35.2 Å². The molecule has 5 rings (SSSR count). The van der Waals surface area contributed by atoms with E-state index in [0.29, 0.717) is 22.9 Å². The van der Waals surface area contributed by atoms with Crippen molar-refractivity contribution in [3.05, 3.63) is 78.5 Å². The molecule has 5 heterocycles. The van der Waals surface area contributed by atoms with E-state index in [1.54, 1.807) is 47.8 Å². The predicted molar refractivity (Wildman–Crippen MR) is 124 cm³/mol. The third-order valence-corrected chi connectivity index (χ3v) is 5.13. The average Bonchev–Trinajstić information content (AvgIpc) is 3.21. The number of anilines is 1. The first-order chi connectivity index (χ1) is 16.1. The Labute approximate surface area is 193 Å². The Hall–Kier alpha value is -4.24. The van der Waals surface area contributed by atoms with E-state index in [-0.39, 0.29) is 17.7 Å². The van der Waals surface area contributed by atoms with Gasteiger partial charge in [0.15, 0.2) is 0 Å². The zero-order valence-electron chi connectivity index (χ0n) is 17.5. The molecule has 0 spiro atoms. The lowest BCUT2D eigenvalue weighted by atomic mass is 10.1. The number of halogens is 1. The van der Waals surface area contributed by atoms with Crippen molar-refractivity contribution in [1.29, 1.82) is 0 Å². The maximum atomic E-state index is 12.7. The summed E-state index contributed by atoms with van der Waals surface area (Å²) >= 11 is 6.20. The maximum absolute atomic E-state index is 12.7. The number of hydrogen-bond donors (Lipinski definition) is 1. The molecule has 1 N–H and O–H groups in total. The molecule has 0 radical (unpaired) electrons. The molecule has 0 aliphatic carbocycles. The Kier molecular flexibility index (Phi) is 5.45. The number of aromatic nitrogens is 7. The van der Waals surface area contributed by atoms with Gasteiger partial charge in [-0.15, -0.1) is 0 Å². The summed E-state index contributed by atoms with van der Waals surface area (Å²) in [5.74, 6) is 0.188. The van der Waals surface area contributed by atoms with E-state index in [0.717, 1.165) is 22.2 Å². The lowest BCUT2D eigenvalue weighted by Gasteiger charge is -2.08. The summed E-state index contributed by atoms with van der Waals surface area (Å²) < 4.78 is 1.73. The van der Waals surface area contributed by atoms with Gasteiger partial charge in [-0.05, 0) is 48.9 Å². The zero-order valence-corrected chi connectivity index (χ0v) is 18.2. The third-order valence-electron chi connectivity index (χ3n) is 4.97. The first kappa shape index (κ1) is 20.7. The number of nitrogens with one attached hydrogen (secondary N) is 1. The van der Waals surface area contributed by atoms with Crippen molar-refractivity contribution in [3.8, 4) is 22.5 Å². The van der Waals surface area contributed by atoms with Crippen LogP contribution >= 0.6 is 11.6 Å². The van der Waals surface area contributed by atoms with Crippen molar-refractivity contribution in [2.75, 3.05) is 5.32 Å². The second kappa shape index (κ2) is 8.71. The average molecular weight is 457 g/mol. The van der Waals surface area contributed by atoms with E-state index in [1.165, 1.54) is 0 Å². The monoisotopic (exact) mass is 456 g/mol. The lowest BCUT2D eigenvalue weighted by molar-refractivity contribution is -0.116. The van der Waals surface area contributed by atoms with Gasteiger partial charge in [0.25, 0.3) is 0 Å². The molecule has 9 nitrogen and oxygen atoms in total. The summed E-state index contributed by atoms with van der Waals surface area (Å²) in [6.07, 6.45) is 10.0. The van der Waals surface area contributed by atoms with Crippen molar-refractivity contribution in [1.82, 2.24) is 34.5 Å². The number of carbonyl (C=O) groups excluding carboxylic acids is 1. The number of rotatable bonds is 5. The minimum atomic E-state index is -0.247. The van der Waals surface area contributed by atoms with E-state index >= 15 is 0 Å². The van der Waals surface area contributed by atoms with E-state index in [9.17, 15) is 4.79 Å². The molecule has 10 heteroatoms. The highest BCUT2D eigenvalue weighted by atomic mass is 35.5. The molecule has 0 aliphatic heterocycles. The van der Waals surface area contributed by atoms with Crippen molar-refractivity contribution in [2.45, 2.75) is 13.5 Å². The minimum absolute atomic E-state index is 0.0409. The summed E-state index contributed by atoms with van der Waals surface area (Å²) in [4.78, 5) is 38.2. The number of amides is 1. The minimum Gasteiger partial charge on any atom is -0.323 e. The van der Waals surface area contributed by atoms with Crippen LogP contribution in [0.5, 0.6) is 0 Å². The van der Waals surface area contributed by atoms with Crippen molar-refractivity contribution in [2.24, 2.45) is 0 Å². The molecule has 0 saturated heterocycles. The summed E-state index contributed by atoms with van der Waals surface area (Å²) in [7, 11) is 0.